The maximum atomic E-state index is 15.0. The Morgan fingerprint density at radius 2 is 2.06 bits per heavy atom. The Balaban J connectivity index is 1.44. The van der Waals surface area contributed by atoms with Crippen molar-refractivity contribution >= 4 is 34.3 Å². The van der Waals surface area contributed by atoms with Gasteiger partial charge in [-0.05, 0) is 48.7 Å². The molecule has 0 saturated heterocycles. The largest absolute Gasteiger partial charge is 0.360 e. The topological polar surface area (TPSA) is 95.9 Å². The molecular weight excluding hydrogens is 471 g/mol. The van der Waals surface area contributed by atoms with Crippen LogP contribution in [0.4, 0.5) is 4.39 Å². The second-order valence-electron chi connectivity index (χ2n) is 8.72. The number of pyridine rings is 1. The number of H-pyrrole nitrogens is 1. The first-order valence-electron chi connectivity index (χ1n) is 11.4. The van der Waals surface area contributed by atoms with Crippen LogP contribution in [-0.2, 0) is 17.8 Å². The van der Waals surface area contributed by atoms with Gasteiger partial charge in [0.25, 0.3) is 5.91 Å². The van der Waals surface area contributed by atoms with Crippen molar-refractivity contribution in [3.8, 4) is 0 Å². The minimum atomic E-state index is -0.680. The second kappa shape index (κ2) is 9.50. The standard InChI is InChI=1S/C25H24ClFN6O2/c1-15(34)32(19-2-3-19)14-18-6-9-33(31-18)24(30-25(35)16-4-7-28-8-5-16)11-17-10-20-21(26)13-29-23(20)12-22(17)27/h4-10,12-13,19,24,29H,2-3,11,14H2,1H3,(H,30,35). The molecule has 4 aromatic rings. The van der Waals surface area contributed by atoms with E-state index in [1.165, 1.54) is 18.5 Å². The number of hydrogen-bond acceptors (Lipinski definition) is 4. The SMILES string of the molecule is CC(=O)N(Cc1ccn(C(Cc2cc3c(Cl)c[nH]c3cc2F)NC(=O)c2ccncc2)n1)C1CC1. The first kappa shape index (κ1) is 23.0. The lowest BCUT2D eigenvalue weighted by atomic mass is 10.1. The Morgan fingerprint density at radius 1 is 1.29 bits per heavy atom. The van der Waals surface area contributed by atoms with Crippen molar-refractivity contribution in [2.24, 2.45) is 0 Å². The maximum Gasteiger partial charge on any atom is 0.253 e. The fourth-order valence-corrected chi connectivity index (χ4v) is 4.37. The van der Waals surface area contributed by atoms with Crippen molar-refractivity contribution in [1.82, 2.24) is 30.0 Å². The highest BCUT2D eigenvalue weighted by Crippen LogP contribution is 2.29. The quantitative estimate of drug-likeness (QED) is 0.383. The minimum Gasteiger partial charge on any atom is -0.360 e. The number of aromatic amines is 1. The Kier molecular flexibility index (Phi) is 6.25. The molecule has 180 valence electrons. The second-order valence-corrected chi connectivity index (χ2v) is 9.13. The molecule has 2 amide bonds. The Bertz CT molecular complexity index is 1380. The van der Waals surface area contributed by atoms with E-state index in [4.69, 9.17) is 11.6 Å². The van der Waals surface area contributed by atoms with E-state index >= 15 is 0 Å². The summed E-state index contributed by atoms with van der Waals surface area (Å²) in [5.74, 6) is -0.745. The van der Waals surface area contributed by atoms with Gasteiger partial charge in [-0.2, -0.15) is 5.10 Å². The zero-order chi connectivity index (χ0) is 24.5. The molecule has 1 atom stereocenters. The molecule has 1 fully saturated rings. The summed E-state index contributed by atoms with van der Waals surface area (Å²) < 4.78 is 16.6. The number of carbonyl (C=O) groups excluding carboxylic acids is 2. The van der Waals surface area contributed by atoms with Gasteiger partial charge in [-0.15, -0.1) is 0 Å². The van der Waals surface area contributed by atoms with E-state index in [0.29, 0.717) is 39.3 Å². The van der Waals surface area contributed by atoms with Crippen LogP contribution in [0.2, 0.25) is 5.02 Å². The normalized spacial score (nSPS) is 14.1. The minimum absolute atomic E-state index is 0.00310. The Morgan fingerprint density at radius 3 is 2.77 bits per heavy atom. The van der Waals surface area contributed by atoms with E-state index in [1.54, 1.807) is 47.1 Å². The van der Waals surface area contributed by atoms with Crippen LogP contribution in [0.25, 0.3) is 10.9 Å². The van der Waals surface area contributed by atoms with Gasteiger partial charge in [0, 0.05) is 60.6 Å². The predicted molar refractivity (Wildman–Crippen MR) is 129 cm³/mol. The van der Waals surface area contributed by atoms with Crippen molar-refractivity contribution < 1.29 is 14.0 Å². The van der Waals surface area contributed by atoms with Gasteiger partial charge in [0.1, 0.15) is 12.0 Å². The van der Waals surface area contributed by atoms with E-state index in [-0.39, 0.29) is 24.3 Å². The molecular formula is C25H24ClFN6O2. The number of aromatic nitrogens is 4. The van der Waals surface area contributed by atoms with E-state index in [2.05, 4.69) is 20.4 Å². The molecule has 3 heterocycles. The molecule has 0 spiro atoms. The lowest BCUT2D eigenvalue weighted by molar-refractivity contribution is -0.130. The molecule has 0 bridgehead atoms. The third-order valence-electron chi connectivity index (χ3n) is 6.16. The van der Waals surface area contributed by atoms with Crippen molar-refractivity contribution in [3.05, 3.63) is 82.8 Å². The number of hydrogen-bond donors (Lipinski definition) is 2. The smallest absolute Gasteiger partial charge is 0.253 e. The van der Waals surface area contributed by atoms with E-state index in [0.717, 1.165) is 12.8 Å². The van der Waals surface area contributed by atoms with Crippen LogP contribution < -0.4 is 5.32 Å². The molecule has 1 aromatic carbocycles. The van der Waals surface area contributed by atoms with Gasteiger partial charge in [-0.1, -0.05) is 11.6 Å². The molecule has 3 aromatic heterocycles. The highest BCUT2D eigenvalue weighted by molar-refractivity contribution is 6.35. The lowest BCUT2D eigenvalue weighted by Crippen LogP contribution is -2.35. The first-order valence-corrected chi connectivity index (χ1v) is 11.7. The van der Waals surface area contributed by atoms with Crippen LogP contribution in [0.5, 0.6) is 0 Å². The summed E-state index contributed by atoms with van der Waals surface area (Å²) in [6.07, 6.45) is 7.86. The third kappa shape index (κ3) is 5.05. The monoisotopic (exact) mass is 494 g/mol. The zero-order valence-corrected chi connectivity index (χ0v) is 19.8. The van der Waals surface area contributed by atoms with Gasteiger partial charge in [-0.3, -0.25) is 14.6 Å². The molecule has 1 saturated carbocycles. The predicted octanol–water partition coefficient (Wildman–Crippen LogP) is 4.23. The van der Waals surface area contributed by atoms with Gasteiger partial charge in [0.2, 0.25) is 5.91 Å². The number of benzene rings is 1. The van der Waals surface area contributed by atoms with E-state index in [1.807, 2.05) is 6.07 Å². The highest BCUT2D eigenvalue weighted by Gasteiger charge is 2.31. The highest BCUT2D eigenvalue weighted by atomic mass is 35.5. The number of halogens is 2. The van der Waals surface area contributed by atoms with Crippen LogP contribution in [0.1, 0.15) is 47.5 Å². The van der Waals surface area contributed by atoms with Crippen LogP contribution in [0, 0.1) is 5.82 Å². The molecule has 2 N–H and O–H groups in total. The van der Waals surface area contributed by atoms with E-state index < -0.39 is 12.0 Å². The number of carbonyl (C=O) groups is 2. The molecule has 1 aliphatic carbocycles. The van der Waals surface area contributed by atoms with Gasteiger partial charge in [-0.25, -0.2) is 9.07 Å². The fraction of sp³-hybridized carbons (Fsp3) is 0.280. The van der Waals surface area contributed by atoms with Crippen LogP contribution >= 0.6 is 11.6 Å². The summed E-state index contributed by atoms with van der Waals surface area (Å²) in [5.41, 5.74) is 2.11. The van der Waals surface area contributed by atoms with Gasteiger partial charge >= 0.3 is 0 Å². The van der Waals surface area contributed by atoms with Crippen LogP contribution in [-0.4, -0.2) is 42.5 Å². The average molecular weight is 495 g/mol. The van der Waals surface area contributed by atoms with Crippen molar-refractivity contribution in [2.75, 3.05) is 0 Å². The van der Waals surface area contributed by atoms with Gasteiger partial charge in [0.05, 0.1) is 17.3 Å². The lowest BCUT2D eigenvalue weighted by Gasteiger charge is -2.21. The molecule has 0 aliphatic heterocycles. The number of nitrogens with zero attached hydrogens (tertiary/aromatic N) is 4. The molecule has 1 unspecified atom stereocenters. The Hall–Kier alpha value is -3.72. The molecule has 8 nitrogen and oxygen atoms in total. The van der Waals surface area contributed by atoms with Crippen LogP contribution in [0.15, 0.2) is 55.1 Å². The van der Waals surface area contributed by atoms with Crippen molar-refractivity contribution in [3.63, 3.8) is 0 Å². The van der Waals surface area contributed by atoms with Gasteiger partial charge in [0.15, 0.2) is 0 Å². The molecule has 1 aliphatic rings. The average Bonchev–Trinajstić information content (AvgIpc) is 3.48. The third-order valence-corrected chi connectivity index (χ3v) is 6.47. The first-order chi connectivity index (χ1) is 16.9. The summed E-state index contributed by atoms with van der Waals surface area (Å²) in [6.45, 7) is 1.94. The molecule has 0 radical (unpaired) electrons. The van der Waals surface area contributed by atoms with Crippen molar-refractivity contribution in [2.45, 2.75) is 44.9 Å². The van der Waals surface area contributed by atoms with Gasteiger partial charge < -0.3 is 15.2 Å². The van der Waals surface area contributed by atoms with Crippen molar-refractivity contribution in [1.29, 1.82) is 0 Å². The molecule has 10 heteroatoms. The maximum absolute atomic E-state index is 15.0. The van der Waals surface area contributed by atoms with E-state index in [9.17, 15) is 14.0 Å². The zero-order valence-electron chi connectivity index (χ0n) is 19.0. The summed E-state index contributed by atoms with van der Waals surface area (Å²) in [4.78, 5) is 33.7. The number of amides is 2. The summed E-state index contributed by atoms with van der Waals surface area (Å²) in [6, 6.07) is 8.36. The summed E-state index contributed by atoms with van der Waals surface area (Å²) in [7, 11) is 0. The fourth-order valence-electron chi connectivity index (χ4n) is 4.16. The Labute approximate surface area is 206 Å². The molecule has 5 rings (SSSR count). The molecule has 35 heavy (non-hydrogen) atoms. The summed E-state index contributed by atoms with van der Waals surface area (Å²) in [5, 5.41) is 8.77. The summed E-state index contributed by atoms with van der Waals surface area (Å²) >= 11 is 6.24. The number of rotatable bonds is 8. The van der Waals surface area contributed by atoms with Crippen LogP contribution in [0.3, 0.4) is 0 Å². The number of fused-ring (bicyclic) bond motifs is 1. The number of nitrogens with one attached hydrogen (secondary N) is 2.